The lowest BCUT2D eigenvalue weighted by molar-refractivity contribution is 0.0989. The molecule has 0 aliphatic heterocycles. The summed E-state index contributed by atoms with van der Waals surface area (Å²) in [5.41, 5.74) is 1.80. The van der Waals surface area contributed by atoms with Gasteiger partial charge in [-0.2, -0.15) is 0 Å². The predicted octanol–water partition coefficient (Wildman–Crippen LogP) is 3.25. The summed E-state index contributed by atoms with van der Waals surface area (Å²) < 4.78 is 0. The van der Waals surface area contributed by atoms with Crippen LogP contribution in [0.3, 0.4) is 0 Å². The zero-order valence-electron chi connectivity index (χ0n) is 7.38. The normalized spacial score (nSPS) is 10.1. The predicted molar refractivity (Wildman–Crippen MR) is 61.2 cm³/mol. The number of aryl methyl sites for hydroxylation is 1. The number of alkyl halides is 1. The molecule has 0 bridgehead atoms. The number of carbonyl (C=O) groups excluding carboxylic acids is 1. The van der Waals surface area contributed by atoms with E-state index in [1.54, 1.807) is 0 Å². The Labute approximate surface area is 92.1 Å². The van der Waals surface area contributed by atoms with Gasteiger partial charge in [-0.25, -0.2) is 0 Å². The van der Waals surface area contributed by atoms with Crippen LogP contribution in [0.15, 0.2) is 23.1 Å². The first-order valence-corrected chi connectivity index (χ1v) is 5.61. The highest BCUT2D eigenvalue weighted by Crippen LogP contribution is 2.16. The molecular weight excluding hydrogens is 248 g/mol. The molecule has 0 aliphatic rings. The van der Waals surface area contributed by atoms with Crippen molar-refractivity contribution < 1.29 is 4.79 Å². The van der Waals surface area contributed by atoms with E-state index in [0.717, 1.165) is 16.0 Å². The van der Waals surface area contributed by atoms with Crippen molar-refractivity contribution >= 4 is 34.3 Å². The Hall–Kier alpha value is -0.280. The van der Waals surface area contributed by atoms with Gasteiger partial charge >= 0.3 is 0 Å². The van der Waals surface area contributed by atoms with E-state index < -0.39 is 0 Å². The maximum Gasteiger partial charge on any atom is 0.164 e. The van der Waals surface area contributed by atoms with E-state index in [-0.39, 0.29) is 5.78 Å². The highest BCUT2D eigenvalue weighted by Gasteiger charge is 2.07. The van der Waals surface area contributed by atoms with Crippen molar-refractivity contribution in [2.45, 2.75) is 18.2 Å². The van der Waals surface area contributed by atoms with Gasteiger partial charge in [0.15, 0.2) is 5.78 Å². The second-order valence-corrected chi connectivity index (χ2v) is 4.17. The minimum absolute atomic E-state index is 0.172. The average Bonchev–Trinajstić information content (AvgIpc) is 2.09. The summed E-state index contributed by atoms with van der Waals surface area (Å²) in [4.78, 5) is 12.4. The van der Waals surface area contributed by atoms with Gasteiger partial charge in [0.25, 0.3) is 0 Å². The SMILES string of the molecule is Cc1ccc(S)cc1C(=O)CCBr. The molecule has 1 aromatic carbocycles. The summed E-state index contributed by atoms with van der Waals surface area (Å²) in [7, 11) is 0. The van der Waals surface area contributed by atoms with Gasteiger partial charge in [-0.15, -0.1) is 12.6 Å². The lowest BCUT2D eigenvalue weighted by atomic mass is 10.0. The Kier molecular flexibility index (Phi) is 4.00. The fourth-order valence-electron chi connectivity index (χ4n) is 1.13. The van der Waals surface area contributed by atoms with Gasteiger partial charge in [-0.1, -0.05) is 22.0 Å². The molecule has 0 unspecified atom stereocenters. The summed E-state index contributed by atoms with van der Waals surface area (Å²) in [6.45, 7) is 1.94. The smallest absolute Gasteiger partial charge is 0.164 e. The van der Waals surface area contributed by atoms with Crippen molar-refractivity contribution in [3.63, 3.8) is 0 Å². The molecule has 0 fully saturated rings. The van der Waals surface area contributed by atoms with Crippen LogP contribution in [0.2, 0.25) is 0 Å². The fraction of sp³-hybridized carbons (Fsp3) is 0.300. The third-order valence-electron chi connectivity index (χ3n) is 1.84. The Morgan fingerprint density at radius 3 is 2.85 bits per heavy atom. The summed E-state index contributed by atoms with van der Waals surface area (Å²) in [5, 5.41) is 0.710. The molecule has 0 radical (unpaired) electrons. The Morgan fingerprint density at radius 1 is 1.54 bits per heavy atom. The number of rotatable bonds is 3. The van der Waals surface area contributed by atoms with Crippen molar-refractivity contribution in [3.8, 4) is 0 Å². The minimum Gasteiger partial charge on any atom is -0.294 e. The van der Waals surface area contributed by atoms with Crippen molar-refractivity contribution in [2.75, 3.05) is 5.33 Å². The molecule has 0 heterocycles. The zero-order valence-corrected chi connectivity index (χ0v) is 9.86. The number of benzene rings is 1. The third-order valence-corrected chi connectivity index (χ3v) is 2.52. The Bertz CT molecular complexity index is 323. The van der Waals surface area contributed by atoms with E-state index in [1.807, 2.05) is 25.1 Å². The van der Waals surface area contributed by atoms with Crippen LogP contribution >= 0.6 is 28.6 Å². The van der Waals surface area contributed by atoms with Crippen molar-refractivity contribution in [2.24, 2.45) is 0 Å². The third kappa shape index (κ3) is 2.85. The fourth-order valence-corrected chi connectivity index (χ4v) is 1.69. The first kappa shape index (κ1) is 10.8. The van der Waals surface area contributed by atoms with Gasteiger partial charge in [-0.05, 0) is 24.6 Å². The van der Waals surface area contributed by atoms with E-state index in [4.69, 9.17) is 0 Å². The molecule has 1 nitrogen and oxygen atoms in total. The maximum atomic E-state index is 11.6. The standard InChI is InChI=1S/C10H11BrOS/c1-7-2-3-8(13)6-9(7)10(12)4-5-11/h2-3,6,13H,4-5H2,1H3. The van der Waals surface area contributed by atoms with Gasteiger partial charge in [-0.3, -0.25) is 4.79 Å². The van der Waals surface area contributed by atoms with Gasteiger partial charge in [0.05, 0.1) is 0 Å². The summed E-state index contributed by atoms with van der Waals surface area (Å²) in [5.74, 6) is 0.172. The average molecular weight is 259 g/mol. The van der Waals surface area contributed by atoms with Crippen LogP contribution in [-0.2, 0) is 0 Å². The molecule has 70 valence electrons. The molecule has 1 aromatic rings. The first-order chi connectivity index (χ1) is 6.15. The van der Waals surface area contributed by atoms with Crippen LogP contribution in [0, 0.1) is 6.92 Å². The number of thiol groups is 1. The number of hydrogen-bond acceptors (Lipinski definition) is 2. The van der Waals surface area contributed by atoms with Gasteiger partial charge in [0, 0.05) is 22.2 Å². The molecule has 3 heteroatoms. The number of halogens is 1. The first-order valence-electron chi connectivity index (χ1n) is 4.04. The molecule has 0 aliphatic carbocycles. The molecule has 0 saturated carbocycles. The van der Waals surface area contributed by atoms with E-state index in [0.29, 0.717) is 11.8 Å². The number of Topliss-reactive ketones (excluding diaryl/α,β-unsaturated/α-hetero) is 1. The largest absolute Gasteiger partial charge is 0.294 e. The maximum absolute atomic E-state index is 11.6. The quantitative estimate of drug-likeness (QED) is 0.501. The molecular formula is C10H11BrOS. The van der Waals surface area contributed by atoms with Crippen LogP contribution in [0.5, 0.6) is 0 Å². The highest BCUT2D eigenvalue weighted by molar-refractivity contribution is 9.09. The van der Waals surface area contributed by atoms with E-state index >= 15 is 0 Å². The van der Waals surface area contributed by atoms with E-state index in [1.165, 1.54) is 0 Å². The molecule has 0 atom stereocenters. The van der Waals surface area contributed by atoms with Crippen LogP contribution < -0.4 is 0 Å². The lowest BCUT2D eigenvalue weighted by Crippen LogP contribution is -2.02. The summed E-state index contributed by atoms with van der Waals surface area (Å²) >= 11 is 7.45. The second-order valence-electron chi connectivity index (χ2n) is 2.86. The van der Waals surface area contributed by atoms with Crippen molar-refractivity contribution in [1.29, 1.82) is 0 Å². The van der Waals surface area contributed by atoms with Gasteiger partial charge < -0.3 is 0 Å². The van der Waals surface area contributed by atoms with Crippen molar-refractivity contribution in [3.05, 3.63) is 29.3 Å². The molecule has 0 spiro atoms. The zero-order chi connectivity index (χ0) is 9.84. The molecule has 0 saturated heterocycles. The van der Waals surface area contributed by atoms with Crippen LogP contribution in [0.25, 0.3) is 0 Å². The topological polar surface area (TPSA) is 17.1 Å². The van der Waals surface area contributed by atoms with Gasteiger partial charge in [0.2, 0.25) is 0 Å². The number of hydrogen-bond donors (Lipinski definition) is 1. The molecule has 0 amide bonds. The lowest BCUT2D eigenvalue weighted by Gasteiger charge is -2.04. The molecule has 0 N–H and O–H groups in total. The number of carbonyl (C=O) groups is 1. The molecule has 13 heavy (non-hydrogen) atoms. The molecule has 1 rings (SSSR count). The Morgan fingerprint density at radius 2 is 2.23 bits per heavy atom. The van der Waals surface area contributed by atoms with E-state index in [9.17, 15) is 4.79 Å². The van der Waals surface area contributed by atoms with Crippen LogP contribution in [-0.4, -0.2) is 11.1 Å². The minimum atomic E-state index is 0.172. The van der Waals surface area contributed by atoms with E-state index in [2.05, 4.69) is 28.6 Å². The highest BCUT2D eigenvalue weighted by atomic mass is 79.9. The second kappa shape index (κ2) is 4.82. The van der Waals surface area contributed by atoms with Crippen LogP contribution in [0.1, 0.15) is 22.3 Å². The molecule has 0 aromatic heterocycles. The van der Waals surface area contributed by atoms with Gasteiger partial charge in [0.1, 0.15) is 0 Å². The number of ketones is 1. The monoisotopic (exact) mass is 258 g/mol. The summed E-state index contributed by atoms with van der Waals surface area (Å²) in [6, 6.07) is 5.64. The van der Waals surface area contributed by atoms with Crippen molar-refractivity contribution in [1.82, 2.24) is 0 Å². The summed E-state index contributed by atoms with van der Waals surface area (Å²) in [6.07, 6.45) is 0.540. The Balaban J connectivity index is 2.99. The van der Waals surface area contributed by atoms with Crippen LogP contribution in [0.4, 0.5) is 0 Å².